The fraction of sp³-hybridized carbons (Fsp3) is 0.417. The number of fused-ring (bicyclic) bond motifs is 2. The Hall–Kier alpha value is -3.22. The molecular weight excluding hydrogens is 392 g/mol. The first-order chi connectivity index (χ1) is 14.7. The van der Waals surface area contributed by atoms with E-state index >= 15 is 0 Å². The second-order valence-electron chi connectivity index (χ2n) is 8.74. The summed E-state index contributed by atoms with van der Waals surface area (Å²) in [6.45, 7) is 5.15. The first-order valence-corrected chi connectivity index (χ1v) is 10.7. The van der Waals surface area contributed by atoms with Gasteiger partial charge in [0.15, 0.2) is 5.78 Å². The molecule has 0 aliphatic carbocycles. The van der Waals surface area contributed by atoms with Gasteiger partial charge in [0.2, 0.25) is 5.91 Å². The molecule has 0 unspecified atom stereocenters. The number of carbonyl (C=O) groups excluding carboxylic acids is 3. The molecule has 1 aromatic heterocycles. The number of amides is 2. The lowest BCUT2D eigenvalue weighted by Gasteiger charge is -2.40. The normalized spacial score (nSPS) is 22.3. The van der Waals surface area contributed by atoms with Gasteiger partial charge in [-0.05, 0) is 81.8 Å². The molecule has 3 N–H and O–H groups in total. The number of aryl methyl sites for hydroxylation is 2. The van der Waals surface area contributed by atoms with Gasteiger partial charge in [0.1, 0.15) is 5.82 Å². The summed E-state index contributed by atoms with van der Waals surface area (Å²) in [6, 6.07) is 7.92. The number of piperidine rings is 1. The summed E-state index contributed by atoms with van der Waals surface area (Å²) in [7, 11) is 0. The molecule has 2 amide bonds. The number of pyridine rings is 1. The third kappa shape index (κ3) is 4.04. The van der Waals surface area contributed by atoms with Crippen molar-refractivity contribution < 1.29 is 14.4 Å². The molecule has 1 aromatic carbocycles. The van der Waals surface area contributed by atoms with Crippen molar-refractivity contribution in [3.8, 4) is 0 Å². The zero-order valence-corrected chi connectivity index (χ0v) is 18.1. The molecule has 31 heavy (non-hydrogen) atoms. The number of hydrogen-bond acceptors (Lipinski definition) is 5. The number of aromatic nitrogens is 1. The van der Waals surface area contributed by atoms with Gasteiger partial charge >= 0.3 is 0 Å². The van der Waals surface area contributed by atoms with E-state index in [0.717, 1.165) is 37.1 Å². The Labute approximate surface area is 182 Å². The van der Waals surface area contributed by atoms with Gasteiger partial charge in [-0.2, -0.15) is 0 Å². The summed E-state index contributed by atoms with van der Waals surface area (Å²) >= 11 is 0. The fourth-order valence-corrected chi connectivity index (χ4v) is 5.01. The number of rotatable bonds is 5. The van der Waals surface area contributed by atoms with E-state index in [1.807, 2.05) is 19.1 Å². The number of ketones is 1. The average molecular weight is 421 g/mol. The Morgan fingerprint density at radius 2 is 1.65 bits per heavy atom. The number of Topliss-reactive ketones (excluding diaryl/α,β-unsaturated/α-hetero) is 1. The standard InChI is InChI=1S/C24H28N4O3/c1-13-9-21(14(2)8-20(13)23(25)30)24(31)27-17-10-18-5-6-19(11-17)28(18)22-7-4-16(12-26-22)15(3)29/h4,7-9,12,17-19H,5-6,10-11H2,1-3H3,(H2,25,30)(H,27,31)/t17-,18+,19-. The molecular formula is C24H28N4O3. The molecule has 3 atom stereocenters. The van der Waals surface area contributed by atoms with Crippen molar-refractivity contribution in [2.75, 3.05) is 4.90 Å². The number of nitrogens with two attached hydrogens (primary N) is 1. The molecule has 0 spiro atoms. The predicted octanol–water partition coefficient (Wildman–Crippen LogP) is 2.93. The van der Waals surface area contributed by atoms with Crippen molar-refractivity contribution in [3.63, 3.8) is 0 Å². The summed E-state index contributed by atoms with van der Waals surface area (Å²) < 4.78 is 0. The van der Waals surface area contributed by atoms with Crippen molar-refractivity contribution in [1.82, 2.24) is 10.3 Å². The summed E-state index contributed by atoms with van der Waals surface area (Å²) in [6.07, 6.45) is 5.49. The maximum atomic E-state index is 13.0. The summed E-state index contributed by atoms with van der Waals surface area (Å²) in [4.78, 5) is 42.9. The van der Waals surface area contributed by atoms with Crippen LogP contribution in [-0.2, 0) is 0 Å². The lowest BCUT2D eigenvalue weighted by Crippen LogP contribution is -2.50. The molecule has 3 heterocycles. The number of nitrogens with zero attached hydrogens (tertiary/aromatic N) is 2. The van der Waals surface area contributed by atoms with E-state index in [-0.39, 0.29) is 17.7 Å². The molecule has 2 saturated heterocycles. The number of anilines is 1. The summed E-state index contributed by atoms with van der Waals surface area (Å²) in [5, 5.41) is 3.20. The number of benzene rings is 1. The van der Waals surface area contributed by atoms with E-state index in [2.05, 4.69) is 15.2 Å². The first-order valence-electron chi connectivity index (χ1n) is 10.7. The minimum atomic E-state index is -0.485. The molecule has 7 nitrogen and oxygen atoms in total. The van der Waals surface area contributed by atoms with Gasteiger partial charge in [-0.3, -0.25) is 14.4 Å². The quantitative estimate of drug-likeness (QED) is 0.724. The minimum absolute atomic E-state index is 0.0119. The number of primary amides is 1. The highest BCUT2D eigenvalue weighted by Crippen LogP contribution is 2.38. The monoisotopic (exact) mass is 420 g/mol. The minimum Gasteiger partial charge on any atom is -0.366 e. The highest BCUT2D eigenvalue weighted by Gasteiger charge is 2.41. The number of hydrogen-bond donors (Lipinski definition) is 2. The number of carbonyl (C=O) groups is 3. The Balaban J connectivity index is 1.46. The fourth-order valence-electron chi connectivity index (χ4n) is 5.01. The van der Waals surface area contributed by atoms with E-state index in [4.69, 9.17) is 5.73 Å². The van der Waals surface area contributed by atoms with E-state index in [1.54, 1.807) is 32.2 Å². The third-order valence-corrected chi connectivity index (χ3v) is 6.57. The largest absolute Gasteiger partial charge is 0.366 e. The first kappa shape index (κ1) is 21.0. The van der Waals surface area contributed by atoms with E-state index in [9.17, 15) is 14.4 Å². The van der Waals surface area contributed by atoms with Crippen molar-refractivity contribution in [2.24, 2.45) is 5.73 Å². The van der Waals surface area contributed by atoms with Crippen LogP contribution < -0.4 is 16.0 Å². The van der Waals surface area contributed by atoms with Gasteiger partial charge in [0, 0.05) is 41.0 Å². The average Bonchev–Trinajstić information content (AvgIpc) is 2.99. The van der Waals surface area contributed by atoms with Crippen molar-refractivity contribution in [2.45, 2.75) is 64.6 Å². The Morgan fingerprint density at radius 1 is 1.03 bits per heavy atom. The van der Waals surface area contributed by atoms with Crippen LogP contribution in [0.5, 0.6) is 0 Å². The zero-order valence-electron chi connectivity index (χ0n) is 18.1. The van der Waals surface area contributed by atoms with Crippen LogP contribution in [0.15, 0.2) is 30.5 Å². The van der Waals surface area contributed by atoms with Crippen molar-refractivity contribution in [3.05, 3.63) is 58.3 Å². The molecule has 162 valence electrons. The van der Waals surface area contributed by atoms with E-state index < -0.39 is 5.91 Å². The molecule has 4 rings (SSSR count). The highest BCUT2D eigenvalue weighted by molar-refractivity contribution is 5.99. The second kappa shape index (κ2) is 8.13. The van der Waals surface area contributed by atoms with Crippen LogP contribution in [0.2, 0.25) is 0 Å². The van der Waals surface area contributed by atoms with Gasteiger partial charge in [0.25, 0.3) is 5.91 Å². The van der Waals surface area contributed by atoms with Crippen LogP contribution >= 0.6 is 0 Å². The van der Waals surface area contributed by atoms with Gasteiger partial charge in [-0.1, -0.05) is 0 Å². The van der Waals surface area contributed by atoms with E-state index in [1.165, 1.54) is 0 Å². The summed E-state index contributed by atoms with van der Waals surface area (Å²) in [5.74, 6) is 0.313. The zero-order chi connectivity index (χ0) is 22.3. The van der Waals surface area contributed by atoms with Crippen LogP contribution in [0.1, 0.15) is 74.8 Å². The van der Waals surface area contributed by atoms with E-state index in [0.29, 0.717) is 34.3 Å². The van der Waals surface area contributed by atoms with Crippen LogP contribution in [0.3, 0.4) is 0 Å². The maximum Gasteiger partial charge on any atom is 0.251 e. The summed E-state index contributed by atoms with van der Waals surface area (Å²) in [5.41, 5.74) is 8.51. The molecule has 0 saturated carbocycles. The third-order valence-electron chi connectivity index (χ3n) is 6.57. The van der Waals surface area contributed by atoms with Crippen LogP contribution in [0, 0.1) is 13.8 Å². The Morgan fingerprint density at radius 3 is 2.19 bits per heavy atom. The predicted molar refractivity (Wildman–Crippen MR) is 118 cm³/mol. The number of nitrogens with one attached hydrogen (secondary N) is 1. The molecule has 2 aliphatic rings. The lowest BCUT2D eigenvalue weighted by atomic mass is 9.95. The van der Waals surface area contributed by atoms with Crippen LogP contribution in [0.25, 0.3) is 0 Å². The van der Waals surface area contributed by atoms with Crippen molar-refractivity contribution in [1.29, 1.82) is 0 Å². The maximum absolute atomic E-state index is 13.0. The molecule has 2 aromatic rings. The SMILES string of the molecule is CC(=O)c1ccc(N2[C@@H]3CC[C@H]2C[C@@H](NC(=O)c2cc(C)c(C(N)=O)cc2C)C3)nc1. The highest BCUT2D eigenvalue weighted by atomic mass is 16.2. The van der Waals surface area contributed by atoms with Crippen LogP contribution in [-0.4, -0.2) is 40.7 Å². The molecule has 0 radical (unpaired) electrons. The van der Waals surface area contributed by atoms with Gasteiger partial charge < -0.3 is 16.0 Å². The van der Waals surface area contributed by atoms with Crippen molar-refractivity contribution >= 4 is 23.4 Å². The second-order valence-corrected chi connectivity index (χ2v) is 8.74. The molecule has 2 bridgehead atoms. The topological polar surface area (TPSA) is 105 Å². The van der Waals surface area contributed by atoms with Gasteiger partial charge in [-0.25, -0.2) is 4.98 Å². The van der Waals surface area contributed by atoms with Gasteiger partial charge in [0.05, 0.1) is 0 Å². The van der Waals surface area contributed by atoms with Crippen LogP contribution in [0.4, 0.5) is 5.82 Å². The molecule has 7 heteroatoms. The van der Waals surface area contributed by atoms with Gasteiger partial charge in [-0.15, -0.1) is 0 Å². The lowest BCUT2D eigenvalue weighted by molar-refractivity contribution is 0.0923. The molecule has 2 aliphatic heterocycles. The Bertz CT molecular complexity index is 1030. The molecule has 2 fully saturated rings. The smallest absolute Gasteiger partial charge is 0.251 e. The Kier molecular flexibility index (Phi) is 5.52.